The first-order chi connectivity index (χ1) is 13.7. The average molecular weight is 528 g/mol. The minimum atomic E-state index is 0. The Morgan fingerprint density at radius 2 is 1.83 bits per heavy atom. The third-order valence-electron chi connectivity index (χ3n) is 5.34. The SMILES string of the molecule is CN=C(NCCc1nc(C)c(C)s1)NCc1ccccc1CN1CCCCC1.I. The summed E-state index contributed by atoms with van der Waals surface area (Å²) in [6.45, 7) is 9.32. The summed E-state index contributed by atoms with van der Waals surface area (Å²) in [4.78, 5) is 12.9. The molecule has 0 radical (unpaired) electrons. The van der Waals surface area contributed by atoms with Gasteiger partial charge < -0.3 is 10.6 Å². The van der Waals surface area contributed by atoms with E-state index in [9.17, 15) is 0 Å². The van der Waals surface area contributed by atoms with Crippen LogP contribution in [0.3, 0.4) is 0 Å². The van der Waals surface area contributed by atoms with E-state index in [2.05, 4.69) is 63.6 Å². The van der Waals surface area contributed by atoms with Gasteiger partial charge in [-0.25, -0.2) is 4.98 Å². The molecule has 2 N–H and O–H groups in total. The molecule has 2 aromatic rings. The van der Waals surface area contributed by atoms with E-state index in [-0.39, 0.29) is 24.0 Å². The quantitative estimate of drug-likeness (QED) is 0.321. The van der Waals surface area contributed by atoms with Crippen LogP contribution < -0.4 is 10.6 Å². The molecule has 0 aliphatic carbocycles. The summed E-state index contributed by atoms with van der Waals surface area (Å²) in [5, 5.41) is 8.07. The number of halogens is 1. The number of aryl methyl sites for hydroxylation is 2. The summed E-state index contributed by atoms with van der Waals surface area (Å²) < 4.78 is 0. The van der Waals surface area contributed by atoms with Gasteiger partial charge in [-0.3, -0.25) is 9.89 Å². The van der Waals surface area contributed by atoms with Crippen LogP contribution in [0.2, 0.25) is 0 Å². The van der Waals surface area contributed by atoms with Crippen molar-refractivity contribution < 1.29 is 0 Å². The fourth-order valence-electron chi connectivity index (χ4n) is 3.58. The highest BCUT2D eigenvalue weighted by Crippen LogP contribution is 2.17. The van der Waals surface area contributed by atoms with Crippen molar-refractivity contribution in [2.24, 2.45) is 4.99 Å². The van der Waals surface area contributed by atoms with Crippen LogP contribution in [0.4, 0.5) is 0 Å². The zero-order chi connectivity index (χ0) is 19.8. The van der Waals surface area contributed by atoms with E-state index in [0.717, 1.165) is 37.7 Å². The largest absolute Gasteiger partial charge is 0.356 e. The molecule has 5 nitrogen and oxygen atoms in total. The Morgan fingerprint density at radius 1 is 1.10 bits per heavy atom. The number of likely N-dealkylation sites (tertiary alicyclic amines) is 1. The van der Waals surface area contributed by atoms with Gasteiger partial charge in [0.1, 0.15) is 0 Å². The second-order valence-corrected chi connectivity index (χ2v) is 8.75. The lowest BCUT2D eigenvalue weighted by Crippen LogP contribution is -2.38. The Bertz CT molecular complexity index is 764. The van der Waals surface area contributed by atoms with E-state index < -0.39 is 0 Å². The lowest BCUT2D eigenvalue weighted by atomic mass is 10.0. The number of guanidine groups is 1. The predicted molar refractivity (Wildman–Crippen MR) is 134 cm³/mol. The van der Waals surface area contributed by atoms with Gasteiger partial charge in [-0.05, 0) is 50.9 Å². The lowest BCUT2D eigenvalue weighted by Gasteiger charge is -2.27. The van der Waals surface area contributed by atoms with Crippen LogP contribution in [0.5, 0.6) is 0 Å². The number of hydrogen-bond acceptors (Lipinski definition) is 4. The summed E-state index contributed by atoms with van der Waals surface area (Å²) in [6, 6.07) is 8.75. The monoisotopic (exact) mass is 527 g/mol. The molecule has 7 heteroatoms. The topological polar surface area (TPSA) is 52.6 Å². The molecular formula is C22H34IN5S. The third kappa shape index (κ3) is 7.53. The highest BCUT2D eigenvalue weighted by Gasteiger charge is 2.12. The molecule has 0 atom stereocenters. The molecule has 0 amide bonds. The van der Waals surface area contributed by atoms with E-state index in [1.54, 1.807) is 11.3 Å². The highest BCUT2D eigenvalue weighted by molar-refractivity contribution is 14.0. The molecule has 0 saturated carbocycles. The number of hydrogen-bond donors (Lipinski definition) is 2. The minimum Gasteiger partial charge on any atom is -0.356 e. The van der Waals surface area contributed by atoms with Crippen LogP contribution in [-0.2, 0) is 19.5 Å². The molecule has 0 unspecified atom stereocenters. The van der Waals surface area contributed by atoms with Crippen LogP contribution >= 0.6 is 35.3 Å². The van der Waals surface area contributed by atoms with Crippen molar-refractivity contribution in [1.82, 2.24) is 20.5 Å². The van der Waals surface area contributed by atoms with E-state index >= 15 is 0 Å². The summed E-state index contributed by atoms with van der Waals surface area (Å²) >= 11 is 1.79. The molecule has 29 heavy (non-hydrogen) atoms. The normalized spacial score (nSPS) is 15.1. The Hall–Kier alpha value is -1.19. The van der Waals surface area contributed by atoms with Crippen molar-refractivity contribution in [1.29, 1.82) is 0 Å². The van der Waals surface area contributed by atoms with Crippen molar-refractivity contribution in [2.45, 2.75) is 52.6 Å². The zero-order valence-electron chi connectivity index (χ0n) is 17.8. The predicted octanol–water partition coefficient (Wildman–Crippen LogP) is 4.27. The molecule has 2 heterocycles. The van der Waals surface area contributed by atoms with Crippen molar-refractivity contribution in [3.63, 3.8) is 0 Å². The van der Waals surface area contributed by atoms with Crippen molar-refractivity contribution in [2.75, 3.05) is 26.7 Å². The average Bonchev–Trinajstić information content (AvgIpc) is 3.03. The Labute approximate surface area is 196 Å². The molecule has 1 aromatic heterocycles. The highest BCUT2D eigenvalue weighted by atomic mass is 127. The van der Waals surface area contributed by atoms with Gasteiger partial charge in [0, 0.05) is 38.0 Å². The Balaban J connectivity index is 0.00000300. The molecule has 0 bridgehead atoms. The molecular weight excluding hydrogens is 493 g/mol. The number of aliphatic imine (C=N–C) groups is 1. The van der Waals surface area contributed by atoms with Gasteiger partial charge in [-0.2, -0.15) is 0 Å². The number of nitrogens with zero attached hydrogens (tertiary/aromatic N) is 3. The van der Waals surface area contributed by atoms with Gasteiger partial charge in [-0.15, -0.1) is 35.3 Å². The minimum absolute atomic E-state index is 0. The maximum Gasteiger partial charge on any atom is 0.191 e. The van der Waals surface area contributed by atoms with Crippen LogP contribution in [0, 0.1) is 13.8 Å². The number of nitrogens with one attached hydrogen (secondary N) is 2. The fourth-order valence-corrected chi connectivity index (χ4v) is 4.51. The maximum absolute atomic E-state index is 4.61. The van der Waals surface area contributed by atoms with Crippen molar-refractivity contribution >= 4 is 41.3 Å². The standard InChI is InChI=1S/C22H33N5S.HI/c1-17-18(2)28-21(26-17)11-12-24-22(23-3)25-15-19-9-5-6-10-20(19)16-27-13-7-4-8-14-27;/h5-6,9-10H,4,7-8,11-16H2,1-3H3,(H2,23,24,25);1H. The second-order valence-electron chi connectivity index (χ2n) is 7.46. The van der Waals surface area contributed by atoms with Crippen molar-refractivity contribution in [3.8, 4) is 0 Å². The number of aromatic nitrogens is 1. The molecule has 160 valence electrons. The summed E-state index contributed by atoms with van der Waals surface area (Å²) in [7, 11) is 1.83. The molecule has 0 spiro atoms. The van der Waals surface area contributed by atoms with Crippen molar-refractivity contribution in [3.05, 3.63) is 51.0 Å². The zero-order valence-corrected chi connectivity index (χ0v) is 21.0. The van der Waals surface area contributed by atoms with Gasteiger partial charge in [0.25, 0.3) is 0 Å². The van der Waals surface area contributed by atoms with Crippen LogP contribution in [-0.4, -0.2) is 42.5 Å². The first kappa shape index (κ1) is 24.1. The van der Waals surface area contributed by atoms with E-state index in [0.29, 0.717) is 0 Å². The molecule has 1 aliphatic rings. The van der Waals surface area contributed by atoms with E-state index in [1.807, 2.05) is 7.05 Å². The lowest BCUT2D eigenvalue weighted by molar-refractivity contribution is 0.220. The van der Waals surface area contributed by atoms with Gasteiger partial charge in [-0.1, -0.05) is 30.7 Å². The van der Waals surface area contributed by atoms with E-state index in [1.165, 1.54) is 53.4 Å². The number of piperidine rings is 1. The van der Waals surface area contributed by atoms with Gasteiger partial charge in [0.15, 0.2) is 5.96 Å². The fraction of sp³-hybridized carbons (Fsp3) is 0.545. The molecule has 3 rings (SSSR count). The molecule has 1 aliphatic heterocycles. The molecule has 1 aromatic carbocycles. The first-order valence-corrected chi connectivity index (χ1v) is 11.1. The number of benzene rings is 1. The summed E-state index contributed by atoms with van der Waals surface area (Å²) in [5.41, 5.74) is 3.91. The summed E-state index contributed by atoms with van der Waals surface area (Å²) in [6.07, 6.45) is 4.96. The van der Waals surface area contributed by atoms with Gasteiger partial charge in [0.2, 0.25) is 0 Å². The van der Waals surface area contributed by atoms with Crippen LogP contribution in [0.25, 0.3) is 0 Å². The second kappa shape index (κ2) is 12.5. The third-order valence-corrected chi connectivity index (χ3v) is 6.47. The van der Waals surface area contributed by atoms with Gasteiger partial charge in [0.05, 0.1) is 10.7 Å². The van der Waals surface area contributed by atoms with Gasteiger partial charge >= 0.3 is 0 Å². The smallest absolute Gasteiger partial charge is 0.191 e. The van der Waals surface area contributed by atoms with Crippen LogP contribution in [0.15, 0.2) is 29.3 Å². The Kier molecular flexibility index (Phi) is 10.4. The Morgan fingerprint density at radius 3 is 2.48 bits per heavy atom. The molecule has 1 saturated heterocycles. The number of thiazole rings is 1. The maximum atomic E-state index is 4.61. The molecule has 1 fully saturated rings. The van der Waals surface area contributed by atoms with Crippen LogP contribution in [0.1, 0.15) is 46.0 Å². The summed E-state index contributed by atoms with van der Waals surface area (Å²) in [5.74, 6) is 0.845. The number of rotatable bonds is 7. The van der Waals surface area contributed by atoms with E-state index in [4.69, 9.17) is 0 Å². The first-order valence-electron chi connectivity index (χ1n) is 10.3.